The van der Waals surface area contributed by atoms with E-state index in [4.69, 9.17) is 0 Å². The second-order valence-corrected chi connectivity index (χ2v) is 13.5. The molecule has 0 nitrogen and oxygen atoms in total. The van der Waals surface area contributed by atoms with Gasteiger partial charge in [0.2, 0.25) is 0 Å². The van der Waals surface area contributed by atoms with Crippen molar-refractivity contribution >= 4 is 20.0 Å². The van der Waals surface area contributed by atoms with Crippen molar-refractivity contribution in [3.8, 4) is 0 Å². The minimum atomic E-state index is -2.14. The largest absolute Gasteiger partial charge is 0.175 e. The highest BCUT2D eigenvalue weighted by Crippen LogP contribution is 2.50. The normalized spacial score (nSPS) is 16.2. The van der Waals surface area contributed by atoms with Gasteiger partial charge in [0.15, 0.2) is 14.8 Å². The standard InChI is InChI=1S/C28H43BSi/c1-10-16-17-25-24(11-2)26(29(12-3)13-4)27(30(25,14-5)15-6)22-18-20-23(21-19-22)28(7,8)9/h14-15,18-21H,5-6,10-13,16-17H2,1-4,7-9H3. The minimum absolute atomic E-state index is 0.172. The molecule has 0 spiro atoms. The van der Waals surface area contributed by atoms with Crippen molar-refractivity contribution in [2.24, 2.45) is 0 Å². The zero-order valence-electron chi connectivity index (χ0n) is 20.7. The predicted molar refractivity (Wildman–Crippen MR) is 142 cm³/mol. The van der Waals surface area contributed by atoms with Crippen LogP contribution in [0.5, 0.6) is 0 Å². The maximum atomic E-state index is 4.41. The zero-order chi connectivity index (χ0) is 22.5. The molecule has 0 saturated carbocycles. The summed E-state index contributed by atoms with van der Waals surface area (Å²) in [5.74, 6) is 0. The van der Waals surface area contributed by atoms with Crippen molar-refractivity contribution in [2.75, 3.05) is 0 Å². The molecule has 162 valence electrons. The quantitative estimate of drug-likeness (QED) is 0.333. The van der Waals surface area contributed by atoms with Gasteiger partial charge in [0, 0.05) is 0 Å². The van der Waals surface area contributed by atoms with Gasteiger partial charge in [-0.3, -0.25) is 0 Å². The summed E-state index contributed by atoms with van der Waals surface area (Å²) in [4.78, 5) is 0. The summed E-state index contributed by atoms with van der Waals surface area (Å²) in [7, 11) is -2.14. The Morgan fingerprint density at radius 3 is 1.90 bits per heavy atom. The lowest BCUT2D eigenvalue weighted by Gasteiger charge is -2.29. The van der Waals surface area contributed by atoms with Crippen LogP contribution in [0.4, 0.5) is 0 Å². The Morgan fingerprint density at radius 2 is 1.50 bits per heavy atom. The summed E-state index contributed by atoms with van der Waals surface area (Å²) in [5, 5.41) is 3.28. The van der Waals surface area contributed by atoms with Crippen LogP contribution >= 0.6 is 0 Å². The first kappa shape index (κ1) is 24.7. The summed E-state index contributed by atoms with van der Waals surface area (Å²) < 4.78 is 0. The molecule has 0 aliphatic carbocycles. The van der Waals surface area contributed by atoms with Crippen LogP contribution in [0.2, 0.25) is 12.6 Å². The van der Waals surface area contributed by atoms with E-state index in [2.05, 4.69) is 97.3 Å². The number of allylic oxidation sites excluding steroid dienone is 3. The molecule has 2 heteroatoms. The Balaban J connectivity index is 2.83. The van der Waals surface area contributed by atoms with Gasteiger partial charge in [0.25, 0.3) is 0 Å². The van der Waals surface area contributed by atoms with Crippen LogP contribution in [-0.4, -0.2) is 14.8 Å². The van der Waals surface area contributed by atoms with Gasteiger partial charge < -0.3 is 0 Å². The molecule has 0 aromatic heterocycles. The third-order valence-corrected chi connectivity index (χ3v) is 11.3. The van der Waals surface area contributed by atoms with Crippen LogP contribution < -0.4 is 0 Å². The van der Waals surface area contributed by atoms with Gasteiger partial charge in [0.05, 0.1) is 0 Å². The first-order chi connectivity index (χ1) is 14.2. The van der Waals surface area contributed by atoms with Gasteiger partial charge in [-0.05, 0) is 34.6 Å². The SMILES string of the molecule is C=C[Si]1(C=C)C(CCCC)=C(CC)C(B(CC)CC)=C1c1ccc(C(C)(C)C)cc1. The van der Waals surface area contributed by atoms with E-state index in [1.165, 1.54) is 43.0 Å². The van der Waals surface area contributed by atoms with Gasteiger partial charge >= 0.3 is 0 Å². The van der Waals surface area contributed by atoms with Crippen molar-refractivity contribution < 1.29 is 0 Å². The van der Waals surface area contributed by atoms with Crippen LogP contribution in [-0.2, 0) is 5.41 Å². The molecule has 0 atom stereocenters. The summed E-state index contributed by atoms with van der Waals surface area (Å²) in [6.07, 6.45) is 7.18. The Kier molecular flexibility index (Phi) is 8.39. The highest BCUT2D eigenvalue weighted by atomic mass is 28.3. The average Bonchev–Trinajstić information content (AvgIpc) is 3.02. The van der Waals surface area contributed by atoms with Crippen LogP contribution in [0.15, 0.2) is 65.1 Å². The molecule has 0 fully saturated rings. The van der Waals surface area contributed by atoms with Gasteiger partial charge in [-0.25, -0.2) is 0 Å². The number of rotatable bonds is 10. The second kappa shape index (κ2) is 10.2. The maximum absolute atomic E-state index is 4.41. The van der Waals surface area contributed by atoms with E-state index >= 15 is 0 Å². The lowest BCUT2D eigenvalue weighted by atomic mass is 9.39. The molecule has 1 aromatic carbocycles. The monoisotopic (exact) mass is 418 g/mol. The molecule has 1 aliphatic rings. The molecule has 0 bridgehead atoms. The predicted octanol–water partition coefficient (Wildman–Crippen LogP) is 8.70. The molecule has 2 rings (SSSR count). The van der Waals surface area contributed by atoms with E-state index in [1.54, 1.807) is 21.4 Å². The van der Waals surface area contributed by atoms with Gasteiger partial charge in [-0.2, -0.15) is 0 Å². The van der Waals surface area contributed by atoms with Crippen LogP contribution in [0.25, 0.3) is 5.20 Å². The average molecular weight is 419 g/mol. The first-order valence-corrected chi connectivity index (χ1v) is 14.3. The highest BCUT2D eigenvalue weighted by Gasteiger charge is 2.45. The van der Waals surface area contributed by atoms with E-state index in [1.807, 2.05) is 0 Å². The van der Waals surface area contributed by atoms with Crippen molar-refractivity contribution in [2.45, 2.75) is 92.2 Å². The maximum Gasteiger partial charge on any atom is 0.175 e. The topological polar surface area (TPSA) is 0 Å². The van der Waals surface area contributed by atoms with Gasteiger partial charge in [-0.15, -0.1) is 13.2 Å². The molecule has 30 heavy (non-hydrogen) atoms. The smallest absolute Gasteiger partial charge is 0.106 e. The van der Waals surface area contributed by atoms with E-state index in [0.717, 1.165) is 6.42 Å². The fourth-order valence-corrected chi connectivity index (χ4v) is 9.48. The number of hydrogen-bond acceptors (Lipinski definition) is 0. The van der Waals surface area contributed by atoms with E-state index in [0.29, 0.717) is 6.71 Å². The number of hydrogen-bond donors (Lipinski definition) is 0. The second-order valence-electron chi connectivity index (χ2n) is 9.82. The number of benzene rings is 1. The molecule has 0 saturated heterocycles. The Hall–Kier alpha value is -1.54. The molecular weight excluding hydrogens is 375 g/mol. The van der Waals surface area contributed by atoms with Crippen LogP contribution in [0, 0.1) is 0 Å². The first-order valence-electron chi connectivity index (χ1n) is 12.1. The lowest BCUT2D eigenvalue weighted by Crippen LogP contribution is -2.34. The van der Waals surface area contributed by atoms with E-state index in [-0.39, 0.29) is 5.41 Å². The van der Waals surface area contributed by atoms with Crippen LogP contribution in [0.3, 0.4) is 0 Å². The summed E-state index contributed by atoms with van der Waals surface area (Å²) in [6.45, 7) is 25.7. The molecule has 1 aromatic rings. The summed E-state index contributed by atoms with van der Waals surface area (Å²) in [6, 6.07) is 9.44. The minimum Gasteiger partial charge on any atom is -0.106 e. The fourth-order valence-electron chi connectivity index (χ4n) is 5.26. The molecule has 0 amide bonds. The molecule has 1 heterocycles. The molecular formula is C28H43BSi. The fraction of sp³-hybridized carbons (Fsp3) is 0.500. The van der Waals surface area contributed by atoms with E-state index < -0.39 is 8.07 Å². The van der Waals surface area contributed by atoms with Gasteiger partial charge in [-0.1, -0.05) is 126 Å². The van der Waals surface area contributed by atoms with Crippen molar-refractivity contribution in [3.05, 3.63) is 76.2 Å². The molecule has 0 unspecified atom stereocenters. The third-order valence-electron chi connectivity index (χ3n) is 7.08. The van der Waals surface area contributed by atoms with Crippen LogP contribution in [0.1, 0.15) is 85.3 Å². The van der Waals surface area contributed by atoms with Crippen molar-refractivity contribution in [1.29, 1.82) is 0 Å². The molecule has 1 aliphatic heterocycles. The van der Waals surface area contributed by atoms with Crippen molar-refractivity contribution in [3.63, 3.8) is 0 Å². The Bertz CT molecular complexity index is 805. The summed E-state index contributed by atoms with van der Waals surface area (Å²) >= 11 is 0. The Morgan fingerprint density at radius 1 is 0.933 bits per heavy atom. The van der Waals surface area contributed by atoms with Crippen molar-refractivity contribution in [1.82, 2.24) is 0 Å². The lowest BCUT2D eigenvalue weighted by molar-refractivity contribution is 0.590. The summed E-state index contributed by atoms with van der Waals surface area (Å²) in [5.41, 5.74) is 10.9. The molecule has 0 radical (unpaired) electrons. The zero-order valence-corrected chi connectivity index (χ0v) is 21.7. The highest BCUT2D eigenvalue weighted by molar-refractivity contribution is 7.11. The van der Waals surface area contributed by atoms with Gasteiger partial charge in [0.1, 0.15) is 0 Å². The number of unbranched alkanes of at least 4 members (excludes halogenated alkanes) is 1. The van der Waals surface area contributed by atoms with E-state index in [9.17, 15) is 0 Å². The molecule has 0 N–H and O–H groups in total. The third kappa shape index (κ3) is 4.40. The Labute approximate surface area is 188 Å².